The van der Waals surface area contributed by atoms with Crippen molar-refractivity contribution in [2.24, 2.45) is 5.92 Å². The van der Waals surface area contributed by atoms with Gasteiger partial charge < -0.3 is 10.2 Å². The molecule has 1 aliphatic carbocycles. The molecule has 2 nitrogen and oxygen atoms in total. The molecule has 0 heterocycles. The van der Waals surface area contributed by atoms with Gasteiger partial charge in [-0.1, -0.05) is 19.8 Å². The molecule has 0 spiro atoms. The highest BCUT2D eigenvalue weighted by molar-refractivity contribution is 4.84. The summed E-state index contributed by atoms with van der Waals surface area (Å²) in [7, 11) is 4.39. The van der Waals surface area contributed by atoms with Crippen molar-refractivity contribution in [3.05, 3.63) is 0 Å². The Morgan fingerprint density at radius 1 is 1.40 bits per heavy atom. The highest BCUT2D eigenvalue weighted by Crippen LogP contribution is 2.26. The summed E-state index contributed by atoms with van der Waals surface area (Å²) in [5, 5.41) is 3.46. The fourth-order valence-corrected chi connectivity index (χ4v) is 2.82. The Hall–Kier alpha value is -0.0800. The molecule has 15 heavy (non-hydrogen) atoms. The average Bonchev–Trinajstić information content (AvgIpc) is 2.65. The molecule has 1 fully saturated rings. The monoisotopic (exact) mass is 212 g/mol. The predicted octanol–water partition coefficient (Wildman–Crippen LogP) is 2.49. The van der Waals surface area contributed by atoms with Crippen molar-refractivity contribution in [2.45, 2.75) is 58.0 Å². The summed E-state index contributed by atoms with van der Waals surface area (Å²) in [6, 6.07) is 1.51. The van der Waals surface area contributed by atoms with Gasteiger partial charge in [-0.15, -0.1) is 0 Å². The molecule has 0 aromatic rings. The standard InChI is InChI=1S/C13H28N2/c1-5-7-11(2)15(4)10-12-8-6-9-13(12)14-3/h11-14H,5-10H2,1-4H3. The molecule has 0 amide bonds. The van der Waals surface area contributed by atoms with Crippen molar-refractivity contribution in [1.29, 1.82) is 0 Å². The van der Waals surface area contributed by atoms with E-state index in [4.69, 9.17) is 0 Å². The fraction of sp³-hybridized carbons (Fsp3) is 1.00. The molecule has 0 radical (unpaired) electrons. The van der Waals surface area contributed by atoms with Gasteiger partial charge in [-0.25, -0.2) is 0 Å². The molecule has 2 heteroatoms. The van der Waals surface area contributed by atoms with Crippen LogP contribution >= 0.6 is 0 Å². The number of hydrogen-bond donors (Lipinski definition) is 1. The first-order valence-electron chi connectivity index (χ1n) is 6.56. The van der Waals surface area contributed by atoms with Crippen LogP contribution < -0.4 is 5.32 Å². The number of nitrogens with zero attached hydrogens (tertiary/aromatic N) is 1. The van der Waals surface area contributed by atoms with Crippen LogP contribution in [0.5, 0.6) is 0 Å². The Morgan fingerprint density at radius 3 is 2.73 bits per heavy atom. The lowest BCUT2D eigenvalue weighted by Gasteiger charge is -2.29. The number of hydrogen-bond acceptors (Lipinski definition) is 2. The highest BCUT2D eigenvalue weighted by atomic mass is 15.1. The van der Waals surface area contributed by atoms with Crippen LogP contribution in [0.3, 0.4) is 0 Å². The van der Waals surface area contributed by atoms with Crippen LogP contribution in [0.25, 0.3) is 0 Å². The summed E-state index contributed by atoms with van der Waals surface area (Å²) >= 11 is 0. The van der Waals surface area contributed by atoms with Crippen molar-refractivity contribution >= 4 is 0 Å². The predicted molar refractivity (Wildman–Crippen MR) is 67.2 cm³/mol. The lowest BCUT2D eigenvalue weighted by Crippen LogP contribution is -2.39. The van der Waals surface area contributed by atoms with Crippen LogP contribution in [0.2, 0.25) is 0 Å². The summed E-state index contributed by atoms with van der Waals surface area (Å²) in [6.45, 7) is 5.90. The van der Waals surface area contributed by atoms with Gasteiger partial charge in [-0.2, -0.15) is 0 Å². The molecular formula is C13H28N2. The number of nitrogens with one attached hydrogen (secondary N) is 1. The van der Waals surface area contributed by atoms with Gasteiger partial charge in [0.2, 0.25) is 0 Å². The third-order valence-corrected chi connectivity index (χ3v) is 4.01. The molecule has 0 aliphatic heterocycles. The van der Waals surface area contributed by atoms with E-state index in [2.05, 4.69) is 38.2 Å². The van der Waals surface area contributed by atoms with E-state index in [1.807, 2.05) is 0 Å². The zero-order valence-electron chi connectivity index (χ0n) is 10.9. The second-order valence-corrected chi connectivity index (χ2v) is 5.16. The lowest BCUT2D eigenvalue weighted by atomic mass is 10.0. The second-order valence-electron chi connectivity index (χ2n) is 5.16. The largest absolute Gasteiger partial charge is 0.317 e. The van der Waals surface area contributed by atoms with Gasteiger partial charge in [0.05, 0.1) is 0 Å². The van der Waals surface area contributed by atoms with Crippen molar-refractivity contribution in [2.75, 3.05) is 20.6 Å². The number of rotatable bonds is 6. The van der Waals surface area contributed by atoms with E-state index in [1.165, 1.54) is 38.6 Å². The highest BCUT2D eigenvalue weighted by Gasteiger charge is 2.27. The first-order valence-corrected chi connectivity index (χ1v) is 6.56. The molecule has 0 bridgehead atoms. The van der Waals surface area contributed by atoms with E-state index in [0.29, 0.717) is 0 Å². The normalized spacial score (nSPS) is 28.6. The van der Waals surface area contributed by atoms with Gasteiger partial charge in [0.15, 0.2) is 0 Å². The third kappa shape index (κ3) is 3.76. The van der Waals surface area contributed by atoms with E-state index in [0.717, 1.165) is 18.0 Å². The maximum Gasteiger partial charge on any atom is 0.0104 e. The molecule has 0 aromatic heterocycles. The van der Waals surface area contributed by atoms with Crippen molar-refractivity contribution in [3.63, 3.8) is 0 Å². The van der Waals surface area contributed by atoms with Crippen LogP contribution in [0.15, 0.2) is 0 Å². The van der Waals surface area contributed by atoms with Gasteiger partial charge in [0.25, 0.3) is 0 Å². The molecule has 90 valence electrons. The van der Waals surface area contributed by atoms with Gasteiger partial charge in [0, 0.05) is 18.6 Å². The van der Waals surface area contributed by atoms with Crippen LogP contribution in [-0.2, 0) is 0 Å². The molecule has 0 saturated heterocycles. The quantitative estimate of drug-likeness (QED) is 0.728. The first-order chi connectivity index (χ1) is 7.19. The van der Waals surface area contributed by atoms with Crippen molar-refractivity contribution in [1.82, 2.24) is 10.2 Å². The van der Waals surface area contributed by atoms with E-state index < -0.39 is 0 Å². The Morgan fingerprint density at radius 2 is 2.13 bits per heavy atom. The Kier molecular flexibility index (Phi) is 5.62. The summed E-state index contributed by atoms with van der Waals surface area (Å²) < 4.78 is 0. The molecule has 1 rings (SSSR count). The molecule has 3 atom stereocenters. The summed E-state index contributed by atoms with van der Waals surface area (Å²) in [4.78, 5) is 2.55. The minimum absolute atomic E-state index is 0.744. The summed E-state index contributed by atoms with van der Waals surface area (Å²) in [6.07, 6.45) is 6.82. The Balaban J connectivity index is 2.33. The smallest absolute Gasteiger partial charge is 0.0104 e. The van der Waals surface area contributed by atoms with Crippen LogP contribution in [0.1, 0.15) is 46.0 Å². The molecule has 1 aliphatic rings. The molecular weight excluding hydrogens is 184 g/mol. The summed E-state index contributed by atoms with van der Waals surface area (Å²) in [5.41, 5.74) is 0. The van der Waals surface area contributed by atoms with E-state index in [1.54, 1.807) is 0 Å². The van der Waals surface area contributed by atoms with Gasteiger partial charge in [-0.05, 0) is 46.2 Å². The van der Waals surface area contributed by atoms with Crippen LogP contribution in [0.4, 0.5) is 0 Å². The molecule has 1 saturated carbocycles. The fourth-order valence-electron chi connectivity index (χ4n) is 2.82. The average molecular weight is 212 g/mol. The maximum absolute atomic E-state index is 3.46. The topological polar surface area (TPSA) is 15.3 Å². The Bertz CT molecular complexity index is 170. The minimum Gasteiger partial charge on any atom is -0.317 e. The van der Waals surface area contributed by atoms with Gasteiger partial charge >= 0.3 is 0 Å². The van der Waals surface area contributed by atoms with Gasteiger partial charge in [0.1, 0.15) is 0 Å². The zero-order valence-corrected chi connectivity index (χ0v) is 10.9. The zero-order chi connectivity index (χ0) is 11.3. The maximum atomic E-state index is 3.46. The van der Waals surface area contributed by atoms with E-state index in [-0.39, 0.29) is 0 Å². The van der Waals surface area contributed by atoms with Gasteiger partial charge in [-0.3, -0.25) is 0 Å². The molecule has 0 aromatic carbocycles. The van der Waals surface area contributed by atoms with Crippen molar-refractivity contribution < 1.29 is 0 Å². The SMILES string of the molecule is CCCC(C)N(C)CC1CCCC1NC. The Labute approximate surface area is 95.4 Å². The van der Waals surface area contributed by atoms with Crippen molar-refractivity contribution in [3.8, 4) is 0 Å². The molecule has 3 unspecified atom stereocenters. The minimum atomic E-state index is 0.744. The molecule has 1 N–H and O–H groups in total. The second kappa shape index (κ2) is 6.49. The van der Waals surface area contributed by atoms with Crippen LogP contribution in [0, 0.1) is 5.92 Å². The third-order valence-electron chi connectivity index (χ3n) is 4.01. The van der Waals surface area contributed by atoms with E-state index in [9.17, 15) is 0 Å². The van der Waals surface area contributed by atoms with Crippen LogP contribution in [-0.4, -0.2) is 37.6 Å². The lowest BCUT2D eigenvalue weighted by molar-refractivity contribution is 0.196. The van der Waals surface area contributed by atoms with E-state index >= 15 is 0 Å². The first kappa shape index (κ1) is 13.0. The summed E-state index contributed by atoms with van der Waals surface area (Å²) in [5.74, 6) is 0.874.